The molecule has 1 unspecified atom stereocenters. The van der Waals surface area contributed by atoms with E-state index >= 15 is 0 Å². The van der Waals surface area contributed by atoms with Gasteiger partial charge in [-0.2, -0.15) is 0 Å². The van der Waals surface area contributed by atoms with Gasteiger partial charge in [0.2, 0.25) is 0 Å². The lowest BCUT2D eigenvalue weighted by Gasteiger charge is -2.28. The summed E-state index contributed by atoms with van der Waals surface area (Å²) < 4.78 is 19.6. The first-order valence-corrected chi connectivity index (χ1v) is 9.16. The zero-order valence-electron chi connectivity index (χ0n) is 13.3. The number of hydrogen-bond donors (Lipinski definition) is 1. The second kappa shape index (κ2) is 6.78. The summed E-state index contributed by atoms with van der Waals surface area (Å²) in [5, 5.41) is 11.4. The Kier molecular flexibility index (Phi) is 5.23. The fraction of sp³-hybridized carbons (Fsp3) is 0.333. The van der Waals surface area contributed by atoms with Crippen LogP contribution in [0.3, 0.4) is 0 Å². The molecule has 0 aliphatic rings. The highest BCUT2D eigenvalue weighted by atomic mass is 31.2. The molecule has 0 bridgehead atoms. The molecule has 0 saturated heterocycles. The van der Waals surface area contributed by atoms with E-state index in [9.17, 15) is 9.67 Å². The third-order valence-corrected chi connectivity index (χ3v) is 6.77. The van der Waals surface area contributed by atoms with Crippen LogP contribution in [0.15, 0.2) is 60.7 Å². The summed E-state index contributed by atoms with van der Waals surface area (Å²) in [6.07, 6.45) is 0. The Balaban J connectivity index is 2.41. The summed E-state index contributed by atoms with van der Waals surface area (Å²) >= 11 is 0. The van der Waals surface area contributed by atoms with Crippen molar-refractivity contribution in [3.05, 3.63) is 60.7 Å². The average Bonchev–Trinajstić information content (AvgIpc) is 2.52. The molecule has 0 saturated carbocycles. The van der Waals surface area contributed by atoms with Crippen LogP contribution in [-0.2, 0) is 9.30 Å². The number of benzene rings is 2. The van der Waals surface area contributed by atoms with Crippen LogP contribution in [0.1, 0.15) is 20.8 Å². The van der Waals surface area contributed by atoms with Gasteiger partial charge in [-0.05, 0) is 20.8 Å². The molecule has 2 aromatic rings. The Morgan fingerprint density at radius 1 is 1.00 bits per heavy atom. The highest BCUT2D eigenvalue weighted by Gasteiger charge is 2.35. The van der Waals surface area contributed by atoms with Gasteiger partial charge < -0.3 is 14.4 Å². The molecule has 2 aromatic carbocycles. The second-order valence-corrected chi connectivity index (χ2v) is 9.13. The Labute approximate surface area is 132 Å². The van der Waals surface area contributed by atoms with Crippen molar-refractivity contribution in [3.8, 4) is 0 Å². The lowest BCUT2D eigenvalue weighted by molar-refractivity contribution is -0.0272. The SMILES string of the molecule is CC(OCC(C)(C)O)P(=O)(c1ccccc1)c1ccccc1. The van der Waals surface area contributed by atoms with Crippen molar-refractivity contribution in [2.45, 2.75) is 32.2 Å². The molecule has 3 nitrogen and oxygen atoms in total. The van der Waals surface area contributed by atoms with Gasteiger partial charge >= 0.3 is 0 Å². The number of aliphatic hydroxyl groups is 1. The number of hydrogen-bond acceptors (Lipinski definition) is 3. The van der Waals surface area contributed by atoms with Gasteiger partial charge in [0.25, 0.3) is 0 Å². The van der Waals surface area contributed by atoms with Crippen molar-refractivity contribution in [2.24, 2.45) is 0 Å². The molecule has 4 heteroatoms. The van der Waals surface area contributed by atoms with Crippen molar-refractivity contribution in [1.82, 2.24) is 0 Å². The van der Waals surface area contributed by atoms with Crippen LogP contribution in [0, 0.1) is 0 Å². The highest BCUT2D eigenvalue weighted by Crippen LogP contribution is 2.48. The first-order chi connectivity index (χ1) is 10.3. The lowest BCUT2D eigenvalue weighted by atomic mass is 10.2. The molecule has 0 fully saturated rings. The van der Waals surface area contributed by atoms with Gasteiger partial charge in [-0.3, -0.25) is 0 Å². The van der Waals surface area contributed by atoms with Gasteiger partial charge in [0.05, 0.1) is 12.2 Å². The van der Waals surface area contributed by atoms with Crippen LogP contribution in [0.5, 0.6) is 0 Å². The molecule has 0 aliphatic heterocycles. The molecule has 0 aromatic heterocycles. The minimum absolute atomic E-state index is 0.137. The van der Waals surface area contributed by atoms with E-state index in [1.54, 1.807) is 13.8 Å². The molecule has 0 aliphatic carbocycles. The molecule has 1 N–H and O–H groups in total. The van der Waals surface area contributed by atoms with E-state index in [0.29, 0.717) is 0 Å². The fourth-order valence-electron chi connectivity index (χ4n) is 2.30. The second-order valence-electron chi connectivity index (χ2n) is 6.05. The van der Waals surface area contributed by atoms with Gasteiger partial charge in [0, 0.05) is 10.6 Å². The molecule has 118 valence electrons. The van der Waals surface area contributed by atoms with E-state index in [0.717, 1.165) is 10.6 Å². The first kappa shape index (κ1) is 17.0. The van der Waals surface area contributed by atoms with Crippen LogP contribution in [0.2, 0.25) is 0 Å². The average molecular weight is 318 g/mol. The maximum absolute atomic E-state index is 13.8. The minimum Gasteiger partial charge on any atom is -0.388 e. The highest BCUT2D eigenvalue weighted by molar-refractivity contribution is 7.79. The van der Waals surface area contributed by atoms with E-state index in [4.69, 9.17) is 4.74 Å². The number of rotatable bonds is 6. The Bertz CT molecular complexity index is 589. The molecule has 0 heterocycles. The topological polar surface area (TPSA) is 46.5 Å². The first-order valence-electron chi connectivity index (χ1n) is 7.39. The monoisotopic (exact) mass is 318 g/mol. The van der Waals surface area contributed by atoms with Crippen LogP contribution in [0.25, 0.3) is 0 Å². The molecular formula is C18H23O3P. The lowest BCUT2D eigenvalue weighted by Crippen LogP contribution is -2.32. The number of ether oxygens (including phenoxy) is 1. The zero-order chi connectivity index (χ0) is 16.2. The summed E-state index contributed by atoms with van der Waals surface area (Å²) in [5.41, 5.74) is -0.952. The Morgan fingerprint density at radius 2 is 1.41 bits per heavy atom. The molecule has 0 amide bonds. The zero-order valence-corrected chi connectivity index (χ0v) is 14.2. The van der Waals surface area contributed by atoms with Crippen LogP contribution in [0.4, 0.5) is 0 Å². The van der Waals surface area contributed by atoms with E-state index < -0.39 is 18.6 Å². The molecule has 0 spiro atoms. The van der Waals surface area contributed by atoms with Gasteiger partial charge in [-0.1, -0.05) is 60.7 Å². The summed E-state index contributed by atoms with van der Waals surface area (Å²) in [6.45, 7) is 5.30. The summed E-state index contributed by atoms with van der Waals surface area (Å²) in [4.78, 5) is 0. The Morgan fingerprint density at radius 3 is 1.77 bits per heavy atom. The molecular weight excluding hydrogens is 295 g/mol. The van der Waals surface area contributed by atoms with Crippen molar-refractivity contribution in [3.63, 3.8) is 0 Å². The summed E-state index contributed by atoms with van der Waals surface area (Å²) in [5.74, 6) is -0.510. The van der Waals surface area contributed by atoms with E-state index in [-0.39, 0.29) is 6.61 Å². The van der Waals surface area contributed by atoms with Gasteiger partial charge in [0.15, 0.2) is 7.14 Å². The van der Waals surface area contributed by atoms with Crippen LogP contribution in [-0.4, -0.2) is 23.2 Å². The van der Waals surface area contributed by atoms with E-state index in [1.807, 2.05) is 67.6 Å². The predicted molar refractivity (Wildman–Crippen MR) is 91.5 cm³/mol. The van der Waals surface area contributed by atoms with Crippen molar-refractivity contribution in [1.29, 1.82) is 0 Å². The smallest absolute Gasteiger partial charge is 0.170 e. The van der Waals surface area contributed by atoms with Crippen molar-refractivity contribution < 1.29 is 14.4 Å². The Hall–Kier alpha value is -1.41. The van der Waals surface area contributed by atoms with Crippen LogP contribution >= 0.6 is 7.14 Å². The third kappa shape index (κ3) is 3.86. The van der Waals surface area contributed by atoms with Gasteiger partial charge in [0.1, 0.15) is 5.85 Å². The van der Waals surface area contributed by atoms with Crippen molar-refractivity contribution in [2.75, 3.05) is 6.61 Å². The maximum Gasteiger partial charge on any atom is 0.170 e. The van der Waals surface area contributed by atoms with Crippen molar-refractivity contribution >= 4 is 17.8 Å². The third-order valence-electron chi connectivity index (χ3n) is 3.47. The quantitative estimate of drug-likeness (QED) is 0.832. The summed E-state index contributed by atoms with van der Waals surface area (Å²) in [7, 11) is -2.93. The van der Waals surface area contributed by atoms with E-state index in [1.165, 1.54) is 0 Å². The molecule has 2 rings (SSSR count). The molecule has 0 radical (unpaired) electrons. The standard InChI is InChI=1S/C18H23O3P/c1-15(21-14-18(2,3)19)22(20,16-10-6-4-7-11-16)17-12-8-5-9-13-17/h4-13,15,19H,14H2,1-3H3. The maximum atomic E-state index is 13.8. The largest absolute Gasteiger partial charge is 0.388 e. The normalized spacial score (nSPS) is 13.8. The molecule has 22 heavy (non-hydrogen) atoms. The van der Waals surface area contributed by atoms with Gasteiger partial charge in [-0.25, -0.2) is 0 Å². The molecule has 1 atom stereocenters. The fourth-order valence-corrected chi connectivity index (χ4v) is 4.95. The summed E-state index contributed by atoms with van der Waals surface area (Å²) in [6, 6.07) is 18.8. The van der Waals surface area contributed by atoms with Gasteiger partial charge in [-0.15, -0.1) is 0 Å². The van der Waals surface area contributed by atoms with Crippen LogP contribution < -0.4 is 10.6 Å². The predicted octanol–water partition coefficient (Wildman–Crippen LogP) is 3.13. The minimum atomic E-state index is -2.93. The van der Waals surface area contributed by atoms with E-state index in [2.05, 4.69) is 0 Å².